The van der Waals surface area contributed by atoms with Crippen molar-refractivity contribution in [3.63, 3.8) is 0 Å². The molecular weight excluding hydrogens is 1530 g/mol. The Kier molecular flexibility index (Phi) is 31.6. The Bertz CT molecular complexity index is 5290. The fraction of sp³-hybridized carbons (Fsp3) is 0.261. The number of amides is 1. The monoisotopic (exact) mass is 1620 g/mol. The number of hydrogen-bond donors (Lipinski definition) is 5. The summed E-state index contributed by atoms with van der Waals surface area (Å²) in [7, 11) is 0. The fourth-order valence-corrected chi connectivity index (χ4v) is 13.8. The summed E-state index contributed by atoms with van der Waals surface area (Å²) in [6.45, 7) is 18.7. The molecule has 8 heterocycles. The van der Waals surface area contributed by atoms with Crippen molar-refractivity contribution in [2.45, 2.75) is 47.7 Å². The van der Waals surface area contributed by atoms with Crippen LogP contribution in [0.5, 0.6) is 0 Å². The number of carboxylic acid groups (broad SMARTS) is 1. The van der Waals surface area contributed by atoms with Crippen LogP contribution in [0.2, 0.25) is 20.1 Å². The summed E-state index contributed by atoms with van der Waals surface area (Å²) < 4.78 is 25.3. The van der Waals surface area contributed by atoms with Crippen molar-refractivity contribution in [2.24, 2.45) is 0 Å². The van der Waals surface area contributed by atoms with Crippen molar-refractivity contribution >= 4 is 137 Å². The molecule has 0 atom stereocenters. The molecule has 4 aromatic heterocycles. The van der Waals surface area contributed by atoms with Crippen LogP contribution >= 0.6 is 46.4 Å². The van der Waals surface area contributed by atoms with Gasteiger partial charge in [0.2, 0.25) is 0 Å². The van der Waals surface area contributed by atoms with E-state index in [1.807, 2.05) is 120 Å². The van der Waals surface area contributed by atoms with E-state index in [0.29, 0.717) is 97.6 Å². The number of nitrogens with two attached hydrogens (primary N) is 3. The molecule has 0 bridgehead atoms. The van der Waals surface area contributed by atoms with E-state index >= 15 is 0 Å². The Labute approximate surface area is 682 Å². The van der Waals surface area contributed by atoms with Gasteiger partial charge >= 0.3 is 17.9 Å². The summed E-state index contributed by atoms with van der Waals surface area (Å²) in [6.07, 6.45) is 0.458. The first-order valence-corrected chi connectivity index (χ1v) is 38.3. The fourth-order valence-electron chi connectivity index (χ4n) is 12.9. The maximum absolute atomic E-state index is 13.1. The summed E-state index contributed by atoms with van der Waals surface area (Å²) in [5.74, 6) is -2.00. The van der Waals surface area contributed by atoms with Crippen molar-refractivity contribution in [3.05, 3.63) is 242 Å². The lowest BCUT2D eigenvalue weighted by molar-refractivity contribution is -0.156. The van der Waals surface area contributed by atoms with Crippen LogP contribution < -0.4 is 22.5 Å². The highest BCUT2D eigenvalue weighted by molar-refractivity contribution is 6.37. The molecule has 114 heavy (non-hydrogen) atoms. The average molecular weight is 1620 g/mol. The predicted octanol–water partition coefficient (Wildman–Crippen LogP) is 16.3. The molecule has 4 saturated heterocycles. The van der Waals surface area contributed by atoms with E-state index in [4.69, 9.17) is 97.5 Å². The summed E-state index contributed by atoms with van der Waals surface area (Å²) >= 11 is 25.4. The second-order valence-electron chi connectivity index (χ2n) is 26.9. The lowest BCUT2D eigenvalue weighted by Crippen LogP contribution is -2.40. The van der Waals surface area contributed by atoms with Crippen LogP contribution in [0.1, 0.15) is 65.6 Å². The van der Waals surface area contributed by atoms with Crippen molar-refractivity contribution < 1.29 is 52.8 Å². The molecular formula is C88H91Cl4N11O11. The molecule has 4 aliphatic heterocycles. The Morgan fingerprint density at radius 3 is 1.06 bits per heavy atom. The number of nitrogens with one attached hydrogen (secondary N) is 1. The first-order valence-electron chi connectivity index (χ1n) is 36.8. The topological polar surface area (TPSA) is 303 Å². The van der Waals surface area contributed by atoms with Gasteiger partial charge in [0.25, 0.3) is 5.91 Å². The third kappa shape index (κ3) is 23.8. The summed E-state index contributed by atoms with van der Waals surface area (Å²) in [4.78, 5) is 81.0. The third-order valence-corrected chi connectivity index (χ3v) is 19.8. The lowest BCUT2D eigenvalue weighted by atomic mass is 10.0. The zero-order valence-corrected chi connectivity index (χ0v) is 65.8. The average Bonchev–Trinajstić information content (AvgIpc) is 0.794. The number of carbonyl (C=O) groups excluding carboxylic acids is 4. The van der Waals surface area contributed by atoms with Crippen LogP contribution in [0, 0.1) is 0 Å². The minimum atomic E-state index is -1.01. The summed E-state index contributed by atoms with van der Waals surface area (Å²) in [6, 6.07) is 60.6. The molecule has 592 valence electrons. The van der Waals surface area contributed by atoms with Gasteiger partial charge in [-0.05, 0) is 109 Å². The minimum Gasteiger partial charge on any atom is -0.478 e. The molecule has 8 N–H and O–H groups in total. The van der Waals surface area contributed by atoms with Crippen LogP contribution in [0.25, 0.3) is 88.6 Å². The molecule has 0 unspecified atom stereocenters. The highest BCUT2D eigenvalue weighted by Crippen LogP contribution is 2.36. The van der Waals surface area contributed by atoms with Gasteiger partial charge in [-0.3, -0.25) is 29.0 Å². The van der Waals surface area contributed by atoms with Crippen molar-refractivity contribution in [3.8, 4) is 45.0 Å². The summed E-state index contributed by atoms with van der Waals surface area (Å²) in [5, 5.41) is 18.3. The molecule has 8 aromatic carbocycles. The number of para-hydroxylation sites is 4. The van der Waals surface area contributed by atoms with Gasteiger partial charge in [0.1, 0.15) is 5.78 Å². The van der Waals surface area contributed by atoms with Crippen LogP contribution in [0.4, 0.5) is 17.1 Å². The van der Waals surface area contributed by atoms with E-state index < -0.39 is 17.9 Å². The van der Waals surface area contributed by atoms with Gasteiger partial charge in [-0.15, -0.1) is 0 Å². The Hall–Kier alpha value is -10.6. The van der Waals surface area contributed by atoms with E-state index in [1.165, 1.54) is 25.0 Å². The van der Waals surface area contributed by atoms with Gasteiger partial charge in [-0.2, -0.15) is 0 Å². The number of morpholine rings is 4. The van der Waals surface area contributed by atoms with E-state index in [9.17, 15) is 29.1 Å². The number of pyridine rings is 4. The van der Waals surface area contributed by atoms with Gasteiger partial charge in [0, 0.05) is 147 Å². The number of ketones is 1. The first kappa shape index (κ1) is 85.8. The van der Waals surface area contributed by atoms with E-state index in [1.54, 1.807) is 61.5 Å². The second-order valence-corrected chi connectivity index (χ2v) is 28.5. The molecule has 0 saturated carbocycles. The standard InChI is InChI=1S/C23H23ClN2O2.C20H18ClN3O2.C20H20ClN3O.C16H11ClN2O2.C4H9NO.C4H6O3.CH4/c1-16(27)13-17-5-7-18(8-6-17)22-14-19(15-26-9-11-28-12-10-26)20-3-2-4-21(24)23(20)25-22;21-17-3-1-2-15-16(20(25)24-8-10-26-11-9-24)12-18(23-19(15)17)13-4-6-14(22)7-5-13;21-18-3-1-2-17-15(13-24-8-10-25-11-9-24)12-19(23-20(17)18)14-4-6-16(22)7-5-14;17-13-3-1-2-11-12(16(20)21)8-14(19-15(11)13)9-4-6-10(18)7-5-9;1-3-6-4-2-5-1;1-3(5)7-4(2)6;/h2-8,14H,9-13,15H2,1H3;1-7,12H,8-11,22H2;1-7,12H,8-11,13,22H2;1-8H,18H2,(H,20,21);5H,1-4H2;1-2H3;1H4. The number of Topliss-reactive ketones (excluding diaryl/α,β-unsaturated/α-hetero) is 1. The number of ether oxygens (including phenoxy) is 5. The Morgan fingerprint density at radius 1 is 0.421 bits per heavy atom. The molecule has 1 amide bonds. The quantitative estimate of drug-likeness (QED) is 0.0431. The van der Waals surface area contributed by atoms with Gasteiger partial charge < -0.3 is 56.2 Å². The highest BCUT2D eigenvalue weighted by atomic mass is 35.5. The molecule has 4 fully saturated rings. The number of hydrogen-bond acceptors (Lipinski definition) is 20. The Balaban J connectivity index is 0.000000152. The van der Waals surface area contributed by atoms with Crippen LogP contribution in [-0.2, 0) is 57.6 Å². The molecule has 4 aliphatic rings. The molecule has 12 aromatic rings. The Morgan fingerprint density at radius 2 is 0.737 bits per heavy atom. The zero-order chi connectivity index (χ0) is 79.9. The number of halogens is 4. The molecule has 22 nitrogen and oxygen atoms in total. The number of nitrogens with zero attached hydrogens (tertiary/aromatic N) is 7. The normalized spacial score (nSPS) is 14.1. The maximum atomic E-state index is 13.1. The van der Waals surface area contributed by atoms with Gasteiger partial charge in [-0.1, -0.05) is 163 Å². The number of fused-ring (bicyclic) bond motifs is 4. The number of aromatic carboxylic acids is 1. The molecule has 0 radical (unpaired) electrons. The number of carboxylic acids is 1. The van der Waals surface area contributed by atoms with Crippen LogP contribution in [0.15, 0.2) is 194 Å². The first-order chi connectivity index (χ1) is 54.6. The number of esters is 2. The van der Waals surface area contributed by atoms with E-state index in [0.717, 1.165) is 164 Å². The number of anilines is 3. The lowest BCUT2D eigenvalue weighted by Gasteiger charge is -2.27. The van der Waals surface area contributed by atoms with E-state index in [-0.39, 0.29) is 24.7 Å². The van der Waals surface area contributed by atoms with Crippen molar-refractivity contribution in [1.29, 1.82) is 0 Å². The number of carbonyl (C=O) groups is 5. The second kappa shape index (κ2) is 42.0. The van der Waals surface area contributed by atoms with Gasteiger partial charge in [0.05, 0.1) is 129 Å². The molecule has 26 heteroatoms. The van der Waals surface area contributed by atoms with Crippen molar-refractivity contribution in [2.75, 3.05) is 122 Å². The molecule has 16 rings (SSSR count). The molecule has 0 spiro atoms. The number of benzene rings is 8. The SMILES string of the molecule is C.C1COCCN1.CC(=O)Cc1ccc(-c2cc(CN3CCOCC3)c3cccc(Cl)c3n2)cc1.CC(=O)OC(C)=O.Nc1ccc(-c2cc(C(=O)N3CCOCC3)c3cccc(Cl)c3n2)cc1.Nc1ccc(-c2cc(C(=O)O)c3cccc(Cl)c3n2)cc1.Nc1ccc(-c2cc(CN3CCOCC3)c3cccc(Cl)c3n2)cc1. The van der Waals surface area contributed by atoms with Gasteiger partial charge in [0.15, 0.2) is 0 Å². The van der Waals surface area contributed by atoms with Crippen LogP contribution in [-0.4, -0.2) is 175 Å². The smallest absolute Gasteiger partial charge is 0.336 e. The van der Waals surface area contributed by atoms with Crippen molar-refractivity contribution in [1.82, 2.24) is 40.0 Å². The largest absolute Gasteiger partial charge is 0.478 e. The third-order valence-electron chi connectivity index (χ3n) is 18.5. The highest BCUT2D eigenvalue weighted by Gasteiger charge is 2.24. The van der Waals surface area contributed by atoms with Gasteiger partial charge in [-0.25, -0.2) is 24.7 Å². The maximum Gasteiger partial charge on any atom is 0.336 e. The molecule has 0 aliphatic carbocycles. The van der Waals surface area contributed by atoms with Crippen LogP contribution in [0.3, 0.4) is 0 Å². The predicted molar refractivity (Wildman–Crippen MR) is 455 cm³/mol. The summed E-state index contributed by atoms with van der Waals surface area (Å²) in [5.41, 5.74) is 33.2. The number of rotatable bonds is 12. The number of aromatic nitrogens is 4. The zero-order valence-electron chi connectivity index (χ0n) is 62.8. The van der Waals surface area contributed by atoms with E-state index in [2.05, 4.69) is 49.1 Å². The number of nitrogen functional groups attached to an aromatic ring is 3. The minimum absolute atomic E-state index is 0.